The molecule has 0 aliphatic rings. The highest BCUT2D eigenvalue weighted by Gasteiger charge is 2.13. The molecule has 0 aliphatic carbocycles. The molecule has 0 N–H and O–H groups in total. The van der Waals surface area contributed by atoms with Crippen LogP contribution in [0.3, 0.4) is 0 Å². The Kier molecular flexibility index (Phi) is 5.44. The number of aromatic nitrogens is 2. The maximum atomic E-state index is 13.3. The Morgan fingerprint density at radius 1 is 0.964 bits per heavy atom. The van der Waals surface area contributed by atoms with E-state index in [0.29, 0.717) is 21.8 Å². The van der Waals surface area contributed by atoms with E-state index in [9.17, 15) is 4.79 Å². The normalized spacial score (nSPS) is 10.9. The number of benzene rings is 3. The van der Waals surface area contributed by atoms with Crippen LogP contribution in [0.5, 0.6) is 5.75 Å². The van der Waals surface area contributed by atoms with E-state index < -0.39 is 0 Å². The third-order valence-corrected chi connectivity index (χ3v) is 5.46. The topological polar surface area (TPSA) is 44.1 Å². The molecule has 3 aromatic carbocycles. The molecule has 4 nitrogen and oxygen atoms in total. The molecule has 0 spiro atoms. The number of nitrogens with zero attached hydrogens (tertiary/aromatic N) is 2. The monoisotopic (exact) mass is 388 g/mol. The van der Waals surface area contributed by atoms with Gasteiger partial charge in [-0.25, -0.2) is 4.98 Å². The van der Waals surface area contributed by atoms with Gasteiger partial charge in [0.15, 0.2) is 5.16 Å². The van der Waals surface area contributed by atoms with Gasteiger partial charge in [0.05, 0.1) is 23.7 Å². The first-order chi connectivity index (χ1) is 13.8. The largest absolute Gasteiger partial charge is 0.497 e. The van der Waals surface area contributed by atoms with E-state index >= 15 is 0 Å². The number of thioether (sulfide) groups is 1. The van der Waals surface area contributed by atoms with Crippen LogP contribution >= 0.6 is 11.8 Å². The van der Waals surface area contributed by atoms with Crippen molar-refractivity contribution in [1.82, 2.24) is 9.55 Å². The van der Waals surface area contributed by atoms with Crippen LogP contribution in [-0.2, 0) is 6.42 Å². The van der Waals surface area contributed by atoms with Crippen molar-refractivity contribution in [2.75, 3.05) is 12.9 Å². The Hall–Kier alpha value is -3.05. The lowest BCUT2D eigenvalue weighted by atomic mass is 10.2. The molecule has 0 fully saturated rings. The van der Waals surface area contributed by atoms with Gasteiger partial charge in [-0.15, -0.1) is 0 Å². The molecule has 0 saturated heterocycles. The molecular weight excluding hydrogens is 368 g/mol. The van der Waals surface area contributed by atoms with E-state index in [2.05, 4.69) is 12.1 Å². The zero-order valence-corrected chi connectivity index (χ0v) is 16.4. The lowest BCUT2D eigenvalue weighted by molar-refractivity contribution is 0.414. The van der Waals surface area contributed by atoms with E-state index in [-0.39, 0.29) is 5.56 Å². The molecule has 1 heterocycles. The van der Waals surface area contributed by atoms with Crippen LogP contribution < -0.4 is 10.3 Å². The predicted octanol–water partition coefficient (Wildman–Crippen LogP) is 4.73. The second-order valence-electron chi connectivity index (χ2n) is 6.34. The van der Waals surface area contributed by atoms with Crippen molar-refractivity contribution in [2.24, 2.45) is 0 Å². The second kappa shape index (κ2) is 8.31. The van der Waals surface area contributed by atoms with Gasteiger partial charge >= 0.3 is 0 Å². The summed E-state index contributed by atoms with van der Waals surface area (Å²) in [5, 5.41) is 1.30. The summed E-state index contributed by atoms with van der Waals surface area (Å²) in [5.41, 5.74) is 2.67. The van der Waals surface area contributed by atoms with Crippen molar-refractivity contribution in [2.45, 2.75) is 11.6 Å². The van der Waals surface area contributed by atoms with E-state index in [1.165, 1.54) is 5.56 Å². The van der Waals surface area contributed by atoms with Crippen LogP contribution in [0, 0.1) is 0 Å². The molecule has 4 rings (SSSR count). The standard InChI is InChI=1S/C23H20N2O2S/c1-27-19-11-7-10-18(16-19)25-22(26)20-12-5-6-13-21(20)24-23(25)28-15-14-17-8-3-2-4-9-17/h2-13,16H,14-15H2,1H3. The Morgan fingerprint density at radius 2 is 1.75 bits per heavy atom. The number of para-hydroxylation sites is 1. The van der Waals surface area contributed by atoms with Gasteiger partial charge < -0.3 is 4.74 Å². The summed E-state index contributed by atoms with van der Waals surface area (Å²) >= 11 is 1.59. The average Bonchev–Trinajstić information content (AvgIpc) is 2.75. The maximum Gasteiger partial charge on any atom is 0.266 e. The van der Waals surface area contributed by atoms with Crippen molar-refractivity contribution >= 4 is 22.7 Å². The van der Waals surface area contributed by atoms with E-state index in [4.69, 9.17) is 9.72 Å². The fourth-order valence-electron chi connectivity index (χ4n) is 3.09. The minimum Gasteiger partial charge on any atom is -0.497 e. The molecule has 4 aromatic rings. The number of aryl methyl sites for hydroxylation is 1. The first-order valence-corrected chi connectivity index (χ1v) is 10.1. The summed E-state index contributed by atoms with van der Waals surface area (Å²) in [6.07, 6.45) is 0.909. The number of hydrogen-bond donors (Lipinski definition) is 0. The average molecular weight is 388 g/mol. The van der Waals surface area contributed by atoms with Crippen molar-refractivity contribution < 1.29 is 4.74 Å². The minimum absolute atomic E-state index is 0.0685. The number of methoxy groups -OCH3 is 1. The molecule has 0 saturated carbocycles. The SMILES string of the molecule is COc1cccc(-n2c(SCCc3ccccc3)nc3ccccc3c2=O)c1. The van der Waals surface area contributed by atoms with Crippen LogP contribution in [-0.4, -0.2) is 22.4 Å². The fraction of sp³-hybridized carbons (Fsp3) is 0.130. The van der Waals surface area contributed by atoms with Gasteiger partial charge in [0, 0.05) is 11.8 Å². The second-order valence-corrected chi connectivity index (χ2v) is 7.40. The molecule has 0 amide bonds. The van der Waals surface area contributed by atoms with Gasteiger partial charge in [-0.1, -0.05) is 60.3 Å². The van der Waals surface area contributed by atoms with Crippen LogP contribution in [0.15, 0.2) is 88.8 Å². The molecule has 1 aromatic heterocycles. The highest BCUT2D eigenvalue weighted by atomic mass is 32.2. The number of hydrogen-bond acceptors (Lipinski definition) is 4. The third-order valence-electron chi connectivity index (χ3n) is 4.52. The van der Waals surface area contributed by atoms with Gasteiger partial charge in [-0.05, 0) is 36.2 Å². The zero-order valence-electron chi connectivity index (χ0n) is 15.5. The number of rotatable bonds is 6. The molecule has 0 unspecified atom stereocenters. The molecule has 0 aliphatic heterocycles. The van der Waals surface area contributed by atoms with Crippen molar-refractivity contribution in [1.29, 1.82) is 0 Å². The Bertz CT molecular complexity index is 1160. The van der Waals surface area contributed by atoms with E-state index in [1.54, 1.807) is 23.4 Å². The van der Waals surface area contributed by atoms with Crippen molar-refractivity contribution in [3.63, 3.8) is 0 Å². The van der Waals surface area contributed by atoms with Crippen LogP contribution in [0.2, 0.25) is 0 Å². The number of ether oxygens (including phenoxy) is 1. The van der Waals surface area contributed by atoms with Gasteiger partial charge in [0.2, 0.25) is 0 Å². The van der Waals surface area contributed by atoms with Gasteiger partial charge in [0.25, 0.3) is 5.56 Å². The number of fused-ring (bicyclic) bond motifs is 1. The van der Waals surface area contributed by atoms with Crippen molar-refractivity contribution in [3.05, 3.63) is 94.8 Å². The quantitative estimate of drug-likeness (QED) is 0.354. The lowest BCUT2D eigenvalue weighted by Gasteiger charge is -2.14. The first-order valence-electron chi connectivity index (χ1n) is 9.09. The van der Waals surface area contributed by atoms with Crippen LogP contribution in [0.4, 0.5) is 0 Å². The smallest absolute Gasteiger partial charge is 0.266 e. The molecule has 0 bridgehead atoms. The highest BCUT2D eigenvalue weighted by Crippen LogP contribution is 2.24. The summed E-state index contributed by atoms with van der Waals surface area (Å²) < 4.78 is 7.02. The fourth-order valence-corrected chi connectivity index (χ4v) is 4.09. The zero-order chi connectivity index (χ0) is 19.3. The minimum atomic E-state index is -0.0685. The first kappa shape index (κ1) is 18.3. The van der Waals surface area contributed by atoms with E-state index in [0.717, 1.165) is 17.9 Å². The van der Waals surface area contributed by atoms with Crippen LogP contribution in [0.1, 0.15) is 5.56 Å². The van der Waals surface area contributed by atoms with E-state index in [1.807, 2.05) is 66.7 Å². The third kappa shape index (κ3) is 3.80. The summed E-state index contributed by atoms with van der Waals surface area (Å²) in [7, 11) is 1.62. The van der Waals surface area contributed by atoms with Gasteiger partial charge in [-0.2, -0.15) is 0 Å². The maximum absolute atomic E-state index is 13.3. The molecule has 0 radical (unpaired) electrons. The van der Waals surface area contributed by atoms with Crippen LogP contribution in [0.25, 0.3) is 16.6 Å². The lowest BCUT2D eigenvalue weighted by Crippen LogP contribution is -2.22. The van der Waals surface area contributed by atoms with Crippen molar-refractivity contribution in [3.8, 4) is 11.4 Å². The highest BCUT2D eigenvalue weighted by molar-refractivity contribution is 7.99. The Morgan fingerprint density at radius 3 is 2.57 bits per heavy atom. The summed E-state index contributed by atoms with van der Waals surface area (Å²) in [5.74, 6) is 1.54. The molecule has 5 heteroatoms. The summed E-state index contributed by atoms with van der Waals surface area (Å²) in [6.45, 7) is 0. The molecule has 140 valence electrons. The van der Waals surface area contributed by atoms with Gasteiger partial charge in [-0.3, -0.25) is 9.36 Å². The summed E-state index contributed by atoms with van der Waals surface area (Å²) in [6, 6.07) is 25.3. The molecule has 28 heavy (non-hydrogen) atoms. The predicted molar refractivity (Wildman–Crippen MR) is 115 cm³/mol. The summed E-state index contributed by atoms with van der Waals surface area (Å²) in [4.78, 5) is 18.0. The Balaban J connectivity index is 1.76. The molecular formula is C23H20N2O2S. The molecule has 0 atom stereocenters. The Labute approximate surface area is 167 Å². The van der Waals surface area contributed by atoms with Gasteiger partial charge in [0.1, 0.15) is 5.75 Å².